The number of rotatable bonds is 7. The molecule has 150 valence electrons. The fourth-order valence-corrected chi connectivity index (χ4v) is 3.45. The van der Waals surface area contributed by atoms with E-state index in [0.29, 0.717) is 12.1 Å². The van der Waals surface area contributed by atoms with E-state index in [1.54, 1.807) is 38.5 Å². The van der Waals surface area contributed by atoms with Crippen molar-refractivity contribution >= 4 is 5.91 Å². The highest BCUT2D eigenvalue weighted by molar-refractivity contribution is 5.94. The molecule has 0 aliphatic carbocycles. The van der Waals surface area contributed by atoms with E-state index >= 15 is 0 Å². The van der Waals surface area contributed by atoms with Crippen LogP contribution in [0.1, 0.15) is 22.0 Å². The first-order valence-corrected chi connectivity index (χ1v) is 9.59. The third kappa shape index (κ3) is 5.03. The molecule has 1 aliphatic rings. The van der Waals surface area contributed by atoms with E-state index in [-0.39, 0.29) is 11.9 Å². The second kappa shape index (κ2) is 9.57. The second-order valence-electron chi connectivity index (χ2n) is 7.07. The van der Waals surface area contributed by atoms with Crippen molar-refractivity contribution in [2.45, 2.75) is 6.04 Å². The van der Waals surface area contributed by atoms with Gasteiger partial charge < -0.3 is 19.7 Å². The summed E-state index contributed by atoms with van der Waals surface area (Å²) in [6.45, 7) is 4.57. The van der Waals surface area contributed by atoms with Crippen LogP contribution in [-0.2, 0) is 0 Å². The molecule has 6 heteroatoms. The predicted octanol–water partition coefficient (Wildman–Crippen LogP) is 2.42. The average molecular weight is 383 g/mol. The molecule has 28 heavy (non-hydrogen) atoms. The quantitative estimate of drug-likeness (QED) is 0.796. The number of nitrogens with zero attached hydrogens (tertiary/aromatic N) is 2. The summed E-state index contributed by atoms with van der Waals surface area (Å²) < 4.78 is 10.4. The van der Waals surface area contributed by atoms with E-state index in [1.165, 1.54) is 5.56 Å². The SMILES string of the molecule is COc1ccc(C(=O)NC[C@H](c2ccc(OC)cc2)N2CCN(C)CC2)cc1. The van der Waals surface area contributed by atoms with Crippen LogP contribution >= 0.6 is 0 Å². The summed E-state index contributed by atoms with van der Waals surface area (Å²) in [4.78, 5) is 17.4. The first kappa shape index (κ1) is 20.2. The summed E-state index contributed by atoms with van der Waals surface area (Å²) in [5.41, 5.74) is 1.81. The number of piperazine rings is 1. The molecule has 1 fully saturated rings. The summed E-state index contributed by atoms with van der Waals surface area (Å²) in [5.74, 6) is 1.50. The normalized spacial score (nSPS) is 16.4. The van der Waals surface area contributed by atoms with Gasteiger partial charge in [-0.25, -0.2) is 0 Å². The van der Waals surface area contributed by atoms with Crippen molar-refractivity contribution in [1.82, 2.24) is 15.1 Å². The van der Waals surface area contributed by atoms with Gasteiger partial charge in [0.2, 0.25) is 0 Å². The Hall–Kier alpha value is -2.57. The van der Waals surface area contributed by atoms with Crippen molar-refractivity contribution in [3.63, 3.8) is 0 Å². The van der Waals surface area contributed by atoms with Crippen LogP contribution in [-0.4, -0.2) is 69.7 Å². The van der Waals surface area contributed by atoms with Gasteiger partial charge in [0, 0.05) is 38.3 Å². The maximum Gasteiger partial charge on any atom is 0.251 e. The van der Waals surface area contributed by atoms with E-state index in [2.05, 4.69) is 34.3 Å². The van der Waals surface area contributed by atoms with Gasteiger partial charge in [-0.05, 0) is 49.0 Å². The van der Waals surface area contributed by atoms with Gasteiger partial charge in [-0.2, -0.15) is 0 Å². The van der Waals surface area contributed by atoms with E-state index in [9.17, 15) is 4.79 Å². The first-order valence-electron chi connectivity index (χ1n) is 9.59. The molecule has 0 bridgehead atoms. The third-order valence-corrected chi connectivity index (χ3v) is 5.29. The van der Waals surface area contributed by atoms with Crippen molar-refractivity contribution in [2.75, 3.05) is 54.0 Å². The lowest BCUT2D eigenvalue weighted by Crippen LogP contribution is -2.48. The van der Waals surface area contributed by atoms with Gasteiger partial charge in [-0.1, -0.05) is 12.1 Å². The summed E-state index contributed by atoms with van der Waals surface area (Å²) in [6, 6.07) is 15.4. The summed E-state index contributed by atoms with van der Waals surface area (Å²) >= 11 is 0. The molecule has 2 aromatic rings. The van der Waals surface area contributed by atoms with E-state index in [0.717, 1.165) is 37.7 Å². The van der Waals surface area contributed by atoms with Gasteiger partial charge >= 0.3 is 0 Å². The van der Waals surface area contributed by atoms with Gasteiger partial charge in [-0.3, -0.25) is 9.69 Å². The van der Waals surface area contributed by atoms with Crippen LogP contribution in [0.3, 0.4) is 0 Å². The fraction of sp³-hybridized carbons (Fsp3) is 0.409. The molecule has 1 heterocycles. The van der Waals surface area contributed by atoms with Crippen LogP contribution in [0.4, 0.5) is 0 Å². The number of carbonyl (C=O) groups is 1. The number of amides is 1. The Kier molecular flexibility index (Phi) is 6.90. The Morgan fingerprint density at radius 2 is 1.46 bits per heavy atom. The standard InChI is InChI=1S/C22H29N3O3/c1-24-12-14-25(15-13-24)21(17-4-8-19(27-2)9-5-17)16-23-22(26)18-6-10-20(28-3)11-7-18/h4-11,21H,12-16H2,1-3H3,(H,23,26)/t21-/m1/s1. The second-order valence-corrected chi connectivity index (χ2v) is 7.07. The van der Waals surface area contributed by atoms with Gasteiger partial charge in [0.15, 0.2) is 0 Å². The number of ether oxygens (including phenoxy) is 2. The van der Waals surface area contributed by atoms with Crippen LogP contribution < -0.4 is 14.8 Å². The van der Waals surface area contributed by atoms with Gasteiger partial charge in [0.05, 0.1) is 20.3 Å². The molecule has 0 spiro atoms. The van der Waals surface area contributed by atoms with Gasteiger partial charge in [-0.15, -0.1) is 0 Å². The molecule has 0 saturated carbocycles. The highest BCUT2D eigenvalue weighted by Crippen LogP contribution is 2.24. The highest BCUT2D eigenvalue weighted by Gasteiger charge is 2.24. The minimum Gasteiger partial charge on any atom is -0.497 e. The maximum absolute atomic E-state index is 12.6. The Morgan fingerprint density at radius 1 is 0.929 bits per heavy atom. The van der Waals surface area contributed by atoms with Gasteiger partial charge in [0.25, 0.3) is 5.91 Å². The summed E-state index contributed by atoms with van der Waals surface area (Å²) in [6.07, 6.45) is 0. The first-order chi connectivity index (χ1) is 13.6. The molecule has 1 N–H and O–H groups in total. The number of carbonyl (C=O) groups excluding carboxylic acids is 1. The average Bonchev–Trinajstić information content (AvgIpc) is 2.75. The van der Waals surface area contributed by atoms with Crippen LogP contribution in [0.15, 0.2) is 48.5 Å². The van der Waals surface area contributed by atoms with Gasteiger partial charge in [0.1, 0.15) is 11.5 Å². The summed E-state index contributed by atoms with van der Waals surface area (Å²) in [7, 11) is 5.43. The topological polar surface area (TPSA) is 54.0 Å². The Bertz CT molecular complexity index is 754. The molecule has 0 unspecified atom stereocenters. The fourth-order valence-electron chi connectivity index (χ4n) is 3.45. The van der Waals surface area contributed by atoms with Crippen molar-refractivity contribution in [3.8, 4) is 11.5 Å². The monoisotopic (exact) mass is 383 g/mol. The van der Waals surface area contributed by atoms with Crippen molar-refractivity contribution in [1.29, 1.82) is 0 Å². The third-order valence-electron chi connectivity index (χ3n) is 5.29. The zero-order valence-electron chi connectivity index (χ0n) is 16.9. The van der Waals surface area contributed by atoms with Crippen LogP contribution in [0.2, 0.25) is 0 Å². The smallest absolute Gasteiger partial charge is 0.251 e. The minimum atomic E-state index is -0.0738. The predicted molar refractivity (Wildman–Crippen MR) is 110 cm³/mol. The number of likely N-dealkylation sites (N-methyl/N-ethyl adjacent to an activating group) is 1. The van der Waals surface area contributed by atoms with E-state index in [4.69, 9.17) is 9.47 Å². The number of benzene rings is 2. The van der Waals surface area contributed by atoms with Crippen molar-refractivity contribution in [3.05, 3.63) is 59.7 Å². The largest absolute Gasteiger partial charge is 0.497 e. The molecule has 1 atom stereocenters. The van der Waals surface area contributed by atoms with E-state index in [1.807, 2.05) is 12.1 Å². The molecule has 0 radical (unpaired) electrons. The molecular formula is C22H29N3O3. The maximum atomic E-state index is 12.6. The minimum absolute atomic E-state index is 0.0738. The Labute approximate surface area is 167 Å². The van der Waals surface area contributed by atoms with Crippen molar-refractivity contribution in [2.24, 2.45) is 0 Å². The van der Waals surface area contributed by atoms with E-state index < -0.39 is 0 Å². The number of hydrogen-bond acceptors (Lipinski definition) is 5. The Morgan fingerprint density at radius 3 is 2.00 bits per heavy atom. The Balaban J connectivity index is 1.71. The lowest BCUT2D eigenvalue weighted by atomic mass is 10.0. The molecule has 6 nitrogen and oxygen atoms in total. The van der Waals surface area contributed by atoms with Crippen LogP contribution in [0.5, 0.6) is 11.5 Å². The lowest BCUT2D eigenvalue weighted by molar-refractivity contribution is 0.0886. The highest BCUT2D eigenvalue weighted by atomic mass is 16.5. The zero-order chi connectivity index (χ0) is 19.9. The summed E-state index contributed by atoms with van der Waals surface area (Å²) in [5, 5.41) is 3.11. The van der Waals surface area contributed by atoms with Crippen molar-refractivity contribution < 1.29 is 14.3 Å². The molecular weight excluding hydrogens is 354 g/mol. The molecule has 3 rings (SSSR count). The molecule has 2 aromatic carbocycles. The van der Waals surface area contributed by atoms with Crippen LogP contribution in [0.25, 0.3) is 0 Å². The van der Waals surface area contributed by atoms with Crippen LogP contribution in [0, 0.1) is 0 Å². The number of hydrogen-bond donors (Lipinski definition) is 1. The molecule has 1 saturated heterocycles. The zero-order valence-corrected chi connectivity index (χ0v) is 16.9. The number of nitrogens with one attached hydrogen (secondary N) is 1. The molecule has 1 amide bonds. The number of methoxy groups -OCH3 is 2. The molecule has 0 aromatic heterocycles. The lowest BCUT2D eigenvalue weighted by Gasteiger charge is -2.38. The molecule has 1 aliphatic heterocycles.